The Kier molecular flexibility index (Phi) is 2.16. The number of allylic oxidation sites excluding steroid dienone is 1. The lowest BCUT2D eigenvalue weighted by Gasteiger charge is -2.00. The molecule has 0 aliphatic heterocycles. The fraction of sp³-hybridized carbons (Fsp3) is 0.111. The highest BCUT2D eigenvalue weighted by molar-refractivity contribution is 5.66. The highest BCUT2D eigenvalue weighted by Crippen LogP contribution is 2.25. The van der Waals surface area contributed by atoms with Gasteiger partial charge in [0.2, 0.25) is 0 Å². The van der Waals surface area contributed by atoms with Crippen molar-refractivity contribution < 1.29 is 5.11 Å². The molecule has 0 aliphatic rings. The molecule has 0 saturated heterocycles. The van der Waals surface area contributed by atoms with Crippen LogP contribution in [0.3, 0.4) is 0 Å². The lowest BCUT2D eigenvalue weighted by atomic mass is 10.1. The molecule has 0 bridgehead atoms. The molecule has 1 aromatic carbocycles. The van der Waals surface area contributed by atoms with Crippen molar-refractivity contribution in [1.29, 1.82) is 0 Å². The topological polar surface area (TPSA) is 46.2 Å². The number of para-hydroxylation sites is 1. The highest BCUT2D eigenvalue weighted by Gasteiger charge is 1.98. The van der Waals surface area contributed by atoms with Crippen LogP contribution in [-0.2, 0) is 0 Å². The summed E-state index contributed by atoms with van der Waals surface area (Å²) in [7, 11) is 0. The molecular weight excluding hydrogens is 138 g/mol. The minimum Gasteiger partial charge on any atom is -0.505 e. The standard InChI is InChI=1S/C9H11NO/c1-2-4-7-5-3-6-8(10)9(7)11/h2-6,11H,10H2,1H3/b4-2-. The number of phenols is 1. The number of anilines is 1. The number of benzene rings is 1. The van der Waals surface area contributed by atoms with Crippen molar-refractivity contribution >= 4 is 11.8 Å². The van der Waals surface area contributed by atoms with Crippen LogP contribution in [-0.4, -0.2) is 5.11 Å². The van der Waals surface area contributed by atoms with E-state index in [9.17, 15) is 5.11 Å². The fourth-order valence-corrected chi connectivity index (χ4v) is 0.894. The van der Waals surface area contributed by atoms with Gasteiger partial charge in [0.05, 0.1) is 5.69 Å². The van der Waals surface area contributed by atoms with Gasteiger partial charge in [0.25, 0.3) is 0 Å². The summed E-state index contributed by atoms with van der Waals surface area (Å²) in [5.41, 5.74) is 6.64. The summed E-state index contributed by atoms with van der Waals surface area (Å²) < 4.78 is 0. The molecule has 0 fully saturated rings. The van der Waals surface area contributed by atoms with E-state index in [0.717, 1.165) is 5.56 Å². The maximum absolute atomic E-state index is 9.35. The monoisotopic (exact) mass is 149 g/mol. The number of nitrogens with two attached hydrogens (primary N) is 1. The van der Waals surface area contributed by atoms with Gasteiger partial charge in [-0.3, -0.25) is 0 Å². The first-order valence-corrected chi connectivity index (χ1v) is 3.46. The second-order valence-electron chi connectivity index (χ2n) is 2.29. The van der Waals surface area contributed by atoms with E-state index < -0.39 is 0 Å². The Bertz CT molecular complexity index is 279. The fourth-order valence-electron chi connectivity index (χ4n) is 0.894. The van der Waals surface area contributed by atoms with E-state index in [1.54, 1.807) is 6.07 Å². The summed E-state index contributed by atoms with van der Waals surface area (Å²) in [5, 5.41) is 9.35. The number of phenolic OH excluding ortho intramolecular Hbond substituents is 1. The first-order chi connectivity index (χ1) is 5.25. The molecule has 1 rings (SSSR count). The summed E-state index contributed by atoms with van der Waals surface area (Å²) in [6.07, 6.45) is 3.67. The van der Waals surface area contributed by atoms with E-state index >= 15 is 0 Å². The van der Waals surface area contributed by atoms with Gasteiger partial charge < -0.3 is 10.8 Å². The average molecular weight is 149 g/mol. The van der Waals surface area contributed by atoms with Gasteiger partial charge in [0.1, 0.15) is 5.75 Å². The van der Waals surface area contributed by atoms with E-state index in [1.165, 1.54) is 0 Å². The molecule has 0 atom stereocenters. The van der Waals surface area contributed by atoms with Crippen LogP contribution in [0.5, 0.6) is 5.75 Å². The Hall–Kier alpha value is -1.44. The van der Waals surface area contributed by atoms with Gasteiger partial charge in [-0.05, 0) is 13.0 Å². The van der Waals surface area contributed by atoms with Crippen molar-refractivity contribution in [2.45, 2.75) is 6.92 Å². The van der Waals surface area contributed by atoms with Gasteiger partial charge in [-0.25, -0.2) is 0 Å². The lowest BCUT2D eigenvalue weighted by Crippen LogP contribution is -1.86. The Labute approximate surface area is 66.0 Å². The smallest absolute Gasteiger partial charge is 0.145 e. The molecule has 0 aromatic heterocycles. The van der Waals surface area contributed by atoms with Gasteiger partial charge >= 0.3 is 0 Å². The zero-order valence-electron chi connectivity index (χ0n) is 6.41. The molecule has 3 N–H and O–H groups in total. The molecule has 2 nitrogen and oxygen atoms in total. The molecule has 58 valence electrons. The number of nitrogen functional groups attached to an aromatic ring is 1. The molecule has 0 aliphatic carbocycles. The van der Waals surface area contributed by atoms with Gasteiger partial charge in [-0.2, -0.15) is 0 Å². The quantitative estimate of drug-likeness (QED) is 0.474. The molecule has 0 heterocycles. The van der Waals surface area contributed by atoms with E-state index in [-0.39, 0.29) is 5.75 Å². The Morgan fingerprint density at radius 2 is 2.18 bits per heavy atom. The van der Waals surface area contributed by atoms with Gasteiger partial charge in [-0.1, -0.05) is 24.3 Å². The van der Waals surface area contributed by atoms with Gasteiger partial charge in [0.15, 0.2) is 0 Å². The largest absolute Gasteiger partial charge is 0.505 e. The molecule has 0 spiro atoms. The minimum atomic E-state index is 0.158. The number of rotatable bonds is 1. The SMILES string of the molecule is C/C=C\c1cccc(N)c1O. The molecule has 2 heteroatoms. The van der Waals surface area contributed by atoms with Crippen LogP contribution in [0.4, 0.5) is 5.69 Å². The number of hydrogen-bond acceptors (Lipinski definition) is 2. The third-order valence-corrected chi connectivity index (χ3v) is 1.44. The Morgan fingerprint density at radius 3 is 2.82 bits per heavy atom. The van der Waals surface area contributed by atoms with Crippen molar-refractivity contribution in [3.63, 3.8) is 0 Å². The summed E-state index contributed by atoms with van der Waals surface area (Å²) in [6.45, 7) is 1.89. The molecular formula is C9H11NO. The molecule has 1 aromatic rings. The molecule has 0 unspecified atom stereocenters. The van der Waals surface area contributed by atoms with Crippen molar-refractivity contribution in [1.82, 2.24) is 0 Å². The van der Waals surface area contributed by atoms with E-state index in [0.29, 0.717) is 5.69 Å². The van der Waals surface area contributed by atoms with Crippen LogP contribution in [0, 0.1) is 0 Å². The predicted octanol–water partition coefficient (Wildman–Crippen LogP) is 2.01. The van der Waals surface area contributed by atoms with E-state index in [2.05, 4.69) is 0 Å². The minimum absolute atomic E-state index is 0.158. The first kappa shape index (κ1) is 7.66. The number of hydrogen-bond donors (Lipinski definition) is 2. The first-order valence-electron chi connectivity index (χ1n) is 3.46. The third-order valence-electron chi connectivity index (χ3n) is 1.44. The van der Waals surface area contributed by atoms with Crippen molar-refractivity contribution in [3.8, 4) is 5.75 Å². The zero-order chi connectivity index (χ0) is 8.27. The summed E-state index contributed by atoms with van der Waals surface area (Å²) in [5.74, 6) is 0.158. The van der Waals surface area contributed by atoms with Crippen LogP contribution >= 0.6 is 0 Å². The highest BCUT2D eigenvalue weighted by atomic mass is 16.3. The van der Waals surface area contributed by atoms with Crippen LogP contribution in [0.2, 0.25) is 0 Å². The summed E-state index contributed by atoms with van der Waals surface area (Å²) >= 11 is 0. The van der Waals surface area contributed by atoms with Gasteiger partial charge in [0, 0.05) is 5.56 Å². The maximum Gasteiger partial charge on any atom is 0.145 e. The van der Waals surface area contributed by atoms with Gasteiger partial charge in [-0.15, -0.1) is 0 Å². The average Bonchev–Trinajstić information content (AvgIpc) is 1.99. The van der Waals surface area contributed by atoms with Crippen LogP contribution in [0.1, 0.15) is 12.5 Å². The van der Waals surface area contributed by atoms with Crippen LogP contribution in [0.25, 0.3) is 6.08 Å². The van der Waals surface area contributed by atoms with Crippen LogP contribution in [0.15, 0.2) is 24.3 Å². The summed E-state index contributed by atoms with van der Waals surface area (Å²) in [6, 6.07) is 5.29. The van der Waals surface area contributed by atoms with Crippen molar-refractivity contribution in [2.24, 2.45) is 0 Å². The Morgan fingerprint density at radius 1 is 1.45 bits per heavy atom. The lowest BCUT2D eigenvalue weighted by molar-refractivity contribution is 0.476. The van der Waals surface area contributed by atoms with E-state index in [1.807, 2.05) is 31.2 Å². The molecule has 0 amide bonds. The summed E-state index contributed by atoms with van der Waals surface area (Å²) in [4.78, 5) is 0. The van der Waals surface area contributed by atoms with Crippen molar-refractivity contribution in [3.05, 3.63) is 29.8 Å². The van der Waals surface area contributed by atoms with E-state index in [4.69, 9.17) is 5.73 Å². The molecule has 0 saturated carbocycles. The Balaban J connectivity index is 3.16. The number of aromatic hydroxyl groups is 1. The second-order valence-corrected chi connectivity index (χ2v) is 2.29. The maximum atomic E-state index is 9.35. The molecule has 11 heavy (non-hydrogen) atoms. The molecule has 0 radical (unpaired) electrons. The zero-order valence-corrected chi connectivity index (χ0v) is 6.41. The van der Waals surface area contributed by atoms with Crippen LogP contribution < -0.4 is 5.73 Å². The predicted molar refractivity (Wildman–Crippen MR) is 47.2 cm³/mol. The van der Waals surface area contributed by atoms with Crippen molar-refractivity contribution in [2.75, 3.05) is 5.73 Å². The second kappa shape index (κ2) is 3.10. The third kappa shape index (κ3) is 1.52. The normalized spacial score (nSPS) is 10.6.